The smallest absolute Gasteiger partial charge is 0.208 e. The topological polar surface area (TPSA) is 69.1 Å². The molecule has 4 heteroatoms. The van der Waals surface area contributed by atoms with Gasteiger partial charge in [0.05, 0.1) is 0 Å². The van der Waals surface area contributed by atoms with Crippen LogP contribution in [0.3, 0.4) is 0 Å². The molecule has 0 radical (unpaired) electrons. The van der Waals surface area contributed by atoms with Crippen molar-refractivity contribution >= 4 is 16.8 Å². The number of fused-ring (bicyclic) bond motifs is 2. The summed E-state index contributed by atoms with van der Waals surface area (Å²) in [5.74, 6) is 0.377. The molecule has 2 aliphatic rings. The minimum atomic E-state index is -0.180. The van der Waals surface area contributed by atoms with E-state index in [0.717, 1.165) is 11.1 Å². The molecule has 0 bridgehead atoms. The van der Waals surface area contributed by atoms with Gasteiger partial charge in [-0.15, -0.1) is 0 Å². The number of hydrogen-bond donors (Lipinski definition) is 1. The van der Waals surface area contributed by atoms with Crippen LogP contribution in [0.1, 0.15) is 11.1 Å². The number of para-hydroxylation sites is 2. The van der Waals surface area contributed by atoms with Crippen molar-refractivity contribution in [2.75, 3.05) is 5.73 Å². The average Bonchev–Trinajstić information content (AvgIpc) is 2.41. The Morgan fingerprint density at radius 2 is 1.89 bits per heavy atom. The Hall–Kier alpha value is -2.36. The van der Waals surface area contributed by atoms with Crippen molar-refractivity contribution in [3.8, 4) is 11.5 Å². The van der Waals surface area contributed by atoms with E-state index in [2.05, 4.69) is 4.98 Å². The highest BCUT2D eigenvalue weighted by Crippen LogP contribution is 2.31. The first-order valence-corrected chi connectivity index (χ1v) is 5.68. The monoisotopic (exact) mass is 240 g/mol. The first-order chi connectivity index (χ1) is 8.59. The van der Waals surface area contributed by atoms with Crippen molar-refractivity contribution in [1.82, 2.24) is 4.98 Å². The van der Waals surface area contributed by atoms with Gasteiger partial charge in [0.1, 0.15) is 16.9 Å². The molecule has 0 spiro atoms. The molecule has 1 aromatic rings. The van der Waals surface area contributed by atoms with Gasteiger partial charge >= 0.3 is 0 Å². The molecule has 0 fully saturated rings. The van der Waals surface area contributed by atoms with E-state index in [1.54, 1.807) is 13.0 Å². The van der Waals surface area contributed by atoms with Crippen LogP contribution in [-0.2, 0) is 0 Å². The van der Waals surface area contributed by atoms with Gasteiger partial charge in [0.2, 0.25) is 5.43 Å². The maximum absolute atomic E-state index is 11.9. The molecule has 4 nitrogen and oxygen atoms in total. The minimum Gasteiger partial charge on any atom is -0.450 e. The third-order valence-electron chi connectivity index (χ3n) is 3.27. The molecule has 0 saturated carbocycles. The predicted octanol–water partition coefficient (Wildman–Crippen LogP) is 2.49. The molecule has 90 valence electrons. The molecule has 18 heavy (non-hydrogen) atoms. The molecule has 3 rings (SSSR count). The van der Waals surface area contributed by atoms with E-state index in [1.807, 2.05) is 25.1 Å². The number of nitrogens with two attached hydrogens (primary N) is 1. The van der Waals surface area contributed by atoms with Crippen LogP contribution in [0.25, 0.3) is 22.6 Å². The van der Waals surface area contributed by atoms with Crippen molar-refractivity contribution in [1.29, 1.82) is 0 Å². The first kappa shape index (κ1) is 10.8. The second-order valence-corrected chi connectivity index (χ2v) is 4.35. The van der Waals surface area contributed by atoms with Crippen LogP contribution < -0.4 is 11.2 Å². The fraction of sp³-hybridized carbons (Fsp3) is 0.143. The fourth-order valence-corrected chi connectivity index (χ4v) is 2.06. The summed E-state index contributed by atoms with van der Waals surface area (Å²) in [7, 11) is 0. The van der Waals surface area contributed by atoms with Crippen molar-refractivity contribution in [2.45, 2.75) is 13.8 Å². The minimum absolute atomic E-state index is 0.131. The van der Waals surface area contributed by atoms with E-state index in [0.29, 0.717) is 22.6 Å². The molecule has 0 amide bonds. The quantitative estimate of drug-likeness (QED) is 0.484. The Labute approximate surface area is 103 Å². The summed E-state index contributed by atoms with van der Waals surface area (Å²) in [4.78, 5) is 16.5. The molecule has 1 aliphatic carbocycles. The predicted molar refractivity (Wildman–Crippen MR) is 70.8 cm³/mol. The average molecular weight is 240 g/mol. The van der Waals surface area contributed by atoms with E-state index in [4.69, 9.17) is 10.2 Å². The van der Waals surface area contributed by atoms with Gasteiger partial charge in [0.25, 0.3) is 0 Å². The number of nitrogen functional groups attached to an aromatic ring is 1. The van der Waals surface area contributed by atoms with Crippen LogP contribution >= 0.6 is 0 Å². The lowest BCUT2D eigenvalue weighted by atomic mass is 10.0. The zero-order chi connectivity index (χ0) is 12.9. The molecule has 0 atom stereocenters. The van der Waals surface area contributed by atoms with Crippen molar-refractivity contribution in [2.24, 2.45) is 0 Å². The van der Waals surface area contributed by atoms with Crippen LogP contribution in [0.5, 0.6) is 0 Å². The number of aromatic nitrogens is 1. The molecular weight excluding hydrogens is 228 g/mol. The Kier molecular flexibility index (Phi) is 2.13. The van der Waals surface area contributed by atoms with Crippen LogP contribution in [0.4, 0.5) is 5.69 Å². The van der Waals surface area contributed by atoms with E-state index in [9.17, 15) is 4.79 Å². The summed E-state index contributed by atoms with van der Waals surface area (Å²) in [6.07, 6.45) is 0. The molecule has 0 aromatic heterocycles. The molecule has 1 aromatic carbocycles. The third-order valence-corrected chi connectivity index (χ3v) is 3.27. The Bertz CT molecular complexity index is 790. The Morgan fingerprint density at radius 3 is 2.67 bits per heavy atom. The highest BCUT2D eigenvalue weighted by atomic mass is 16.3. The number of hydrogen-bond acceptors (Lipinski definition) is 4. The fourth-order valence-electron chi connectivity index (χ4n) is 2.06. The molecule has 1 heterocycles. The normalized spacial score (nSPS) is 11.2. The largest absolute Gasteiger partial charge is 0.450 e. The lowest BCUT2D eigenvalue weighted by Crippen LogP contribution is -2.16. The van der Waals surface area contributed by atoms with Gasteiger partial charge in [-0.2, -0.15) is 0 Å². The Balaban J connectivity index is 2.58. The third kappa shape index (κ3) is 1.32. The maximum atomic E-state index is 11.9. The number of nitrogens with zero attached hydrogens (tertiary/aromatic N) is 1. The lowest BCUT2D eigenvalue weighted by Gasteiger charge is -2.12. The number of rotatable bonds is 0. The van der Waals surface area contributed by atoms with Crippen LogP contribution in [-0.4, -0.2) is 4.98 Å². The molecule has 1 aliphatic heterocycles. The Morgan fingerprint density at radius 1 is 1.17 bits per heavy atom. The van der Waals surface area contributed by atoms with Gasteiger partial charge in [0, 0.05) is 5.56 Å². The van der Waals surface area contributed by atoms with E-state index >= 15 is 0 Å². The standard InChI is InChI=1S/C14H12N2O2/c1-7-8(2)13(17)11(15)14-12(7)16-9-5-3-4-6-10(9)18-14/h3-6H,15H2,1-2H3. The molecular formula is C14H12N2O2. The lowest BCUT2D eigenvalue weighted by molar-refractivity contribution is 0.613. The highest BCUT2D eigenvalue weighted by Gasteiger charge is 2.20. The van der Waals surface area contributed by atoms with Crippen LogP contribution in [0.15, 0.2) is 33.5 Å². The summed E-state index contributed by atoms with van der Waals surface area (Å²) in [5, 5.41) is 0. The van der Waals surface area contributed by atoms with Crippen molar-refractivity contribution < 1.29 is 4.42 Å². The summed E-state index contributed by atoms with van der Waals surface area (Å²) in [5.41, 5.74) is 9.26. The van der Waals surface area contributed by atoms with Gasteiger partial charge in [0.15, 0.2) is 11.3 Å². The van der Waals surface area contributed by atoms with E-state index in [1.165, 1.54) is 0 Å². The van der Waals surface area contributed by atoms with Gasteiger partial charge in [-0.05, 0) is 31.5 Å². The number of anilines is 1. The second kappa shape index (κ2) is 3.57. The van der Waals surface area contributed by atoms with Crippen LogP contribution in [0, 0.1) is 13.8 Å². The summed E-state index contributed by atoms with van der Waals surface area (Å²) >= 11 is 0. The van der Waals surface area contributed by atoms with Crippen molar-refractivity contribution in [3.05, 3.63) is 45.6 Å². The second-order valence-electron chi connectivity index (χ2n) is 4.35. The van der Waals surface area contributed by atoms with E-state index in [-0.39, 0.29) is 11.1 Å². The summed E-state index contributed by atoms with van der Waals surface area (Å²) < 4.78 is 5.71. The van der Waals surface area contributed by atoms with Crippen molar-refractivity contribution in [3.63, 3.8) is 0 Å². The van der Waals surface area contributed by atoms with Gasteiger partial charge in [-0.3, -0.25) is 4.79 Å². The van der Waals surface area contributed by atoms with Gasteiger partial charge < -0.3 is 10.2 Å². The maximum Gasteiger partial charge on any atom is 0.208 e. The van der Waals surface area contributed by atoms with Gasteiger partial charge in [-0.1, -0.05) is 12.1 Å². The van der Waals surface area contributed by atoms with Crippen LogP contribution in [0.2, 0.25) is 0 Å². The molecule has 0 saturated heterocycles. The summed E-state index contributed by atoms with van der Waals surface area (Å²) in [6, 6.07) is 7.42. The van der Waals surface area contributed by atoms with E-state index < -0.39 is 0 Å². The zero-order valence-electron chi connectivity index (χ0n) is 10.2. The molecule has 0 unspecified atom stereocenters. The molecule has 2 N–H and O–H groups in total. The SMILES string of the molecule is Cc1c2nc3ccccc3oc-2c(N)c(=O)c1C. The number of benzene rings is 2. The highest BCUT2D eigenvalue weighted by molar-refractivity contribution is 5.82. The first-order valence-electron chi connectivity index (χ1n) is 5.68. The van der Waals surface area contributed by atoms with Gasteiger partial charge in [-0.25, -0.2) is 4.98 Å². The summed E-state index contributed by atoms with van der Waals surface area (Å²) in [6.45, 7) is 3.61. The zero-order valence-corrected chi connectivity index (χ0v) is 10.2.